The Morgan fingerprint density at radius 1 is 1.09 bits per heavy atom. The Kier molecular flexibility index (Phi) is 5.21. The van der Waals surface area contributed by atoms with Crippen LogP contribution in [-0.2, 0) is 16.6 Å². The molecule has 118 valence electrons. The molecule has 0 aliphatic heterocycles. The molecule has 0 amide bonds. The minimum Gasteiger partial charge on any atom is -0.618 e. The number of hydrogen-bond donors (Lipinski definition) is 0. The molecule has 6 nitrogen and oxygen atoms in total. The first-order valence-corrected chi connectivity index (χ1v) is 7.78. The molecule has 0 saturated carbocycles. The van der Waals surface area contributed by atoms with Crippen LogP contribution in [0.4, 0.5) is 0 Å². The van der Waals surface area contributed by atoms with Gasteiger partial charge in [-0.15, -0.1) is 0 Å². The quantitative estimate of drug-likeness (QED) is 0.597. The molecular weight excluding hydrogens is 306 g/mol. The molecule has 2 aromatic rings. The molecule has 0 saturated heterocycles. The molecule has 1 atom stereocenters. The summed E-state index contributed by atoms with van der Waals surface area (Å²) in [5, 5.41) is 11.9. The molecule has 1 heterocycles. The molecule has 22 heavy (non-hydrogen) atoms. The lowest BCUT2D eigenvalue weighted by atomic mass is 10.2. The smallest absolute Gasteiger partial charge is 0.281 e. The van der Waals surface area contributed by atoms with Crippen molar-refractivity contribution in [3.05, 3.63) is 47.3 Å². The zero-order valence-electron chi connectivity index (χ0n) is 12.6. The highest BCUT2D eigenvalue weighted by atomic mass is 32.2. The van der Waals surface area contributed by atoms with E-state index < -0.39 is 10.8 Å². The van der Waals surface area contributed by atoms with Crippen molar-refractivity contribution in [2.45, 2.75) is 10.8 Å². The van der Waals surface area contributed by atoms with Gasteiger partial charge in [0.25, 0.3) is 5.03 Å². The van der Waals surface area contributed by atoms with Crippen LogP contribution in [0.1, 0.15) is 5.56 Å². The van der Waals surface area contributed by atoms with Gasteiger partial charge < -0.3 is 19.4 Å². The van der Waals surface area contributed by atoms with Crippen molar-refractivity contribution in [3.8, 4) is 17.2 Å². The van der Waals surface area contributed by atoms with Crippen molar-refractivity contribution in [2.75, 3.05) is 21.3 Å². The number of nitrogens with zero attached hydrogens (tertiary/aromatic N) is 1. The Morgan fingerprint density at radius 2 is 1.73 bits per heavy atom. The van der Waals surface area contributed by atoms with Gasteiger partial charge >= 0.3 is 0 Å². The van der Waals surface area contributed by atoms with Crippen LogP contribution in [0.3, 0.4) is 0 Å². The SMILES string of the molecule is COc1cc(CS(=O)c2cccc[n+]2[O-])cc(OC)c1OC. The van der Waals surface area contributed by atoms with Gasteiger partial charge in [0.1, 0.15) is 10.8 Å². The number of ether oxygens (including phenoxy) is 3. The summed E-state index contributed by atoms with van der Waals surface area (Å²) in [7, 11) is 3.07. The molecule has 0 bridgehead atoms. The standard InChI is InChI=1S/C15H17NO5S/c1-19-12-8-11(9-13(20-2)15(12)21-3)10-22(18)14-6-4-5-7-16(14)17/h4-9H,10H2,1-3H3. The fraction of sp³-hybridized carbons (Fsp3) is 0.267. The zero-order chi connectivity index (χ0) is 16.1. The van der Waals surface area contributed by atoms with E-state index in [-0.39, 0.29) is 10.8 Å². The van der Waals surface area contributed by atoms with Gasteiger partial charge in [0, 0.05) is 12.1 Å². The average molecular weight is 323 g/mol. The predicted octanol–water partition coefficient (Wildman–Crippen LogP) is 1.65. The summed E-state index contributed by atoms with van der Waals surface area (Å²) in [6.45, 7) is 0. The normalized spacial score (nSPS) is 11.8. The fourth-order valence-corrected chi connectivity index (χ4v) is 3.14. The van der Waals surface area contributed by atoms with Crippen molar-refractivity contribution in [1.82, 2.24) is 0 Å². The maximum Gasteiger partial charge on any atom is 0.281 e. The van der Waals surface area contributed by atoms with E-state index in [2.05, 4.69) is 0 Å². The topological polar surface area (TPSA) is 71.7 Å². The fourth-order valence-electron chi connectivity index (χ4n) is 2.03. The number of pyridine rings is 1. The van der Waals surface area contributed by atoms with Gasteiger partial charge in [-0.05, 0) is 23.8 Å². The van der Waals surface area contributed by atoms with E-state index in [9.17, 15) is 9.42 Å². The van der Waals surface area contributed by atoms with E-state index in [1.54, 1.807) is 30.3 Å². The van der Waals surface area contributed by atoms with Crippen LogP contribution >= 0.6 is 0 Å². The first-order valence-electron chi connectivity index (χ1n) is 6.46. The second kappa shape index (κ2) is 7.13. The predicted molar refractivity (Wildman–Crippen MR) is 81.6 cm³/mol. The van der Waals surface area contributed by atoms with Gasteiger partial charge in [-0.25, -0.2) is 4.21 Å². The second-order valence-electron chi connectivity index (χ2n) is 4.39. The van der Waals surface area contributed by atoms with E-state index in [1.165, 1.54) is 27.5 Å². The Bertz CT molecular complexity index is 664. The summed E-state index contributed by atoms with van der Waals surface area (Å²) in [6, 6.07) is 8.25. The molecule has 2 rings (SSSR count). The van der Waals surface area contributed by atoms with E-state index in [0.717, 1.165) is 5.56 Å². The van der Waals surface area contributed by atoms with Crippen molar-refractivity contribution >= 4 is 10.8 Å². The third kappa shape index (κ3) is 3.30. The van der Waals surface area contributed by atoms with E-state index in [0.29, 0.717) is 22.0 Å². The maximum absolute atomic E-state index is 12.4. The molecule has 0 fully saturated rings. The van der Waals surface area contributed by atoms with Gasteiger partial charge in [-0.1, -0.05) is 0 Å². The molecule has 0 radical (unpaired) electrons. The third-order valence-corrected chi connectivity index (χ3v) is 4.42. The van der Waals surface area contributed by atoms with Crippen LogP contribution in [0.15, 0.2) is 41.6 Å². The molecular formula is C15H17NO5S. The van der Waals surface area contributed by atoms with E-state index in [4.69, 9.17) is 14.2 Å². The molecule has 0 aliphatic carbocycles. The van der Waals surface area contributed by atoms with Crippen LogP contribution in [0.2, 0.25) is 0 Å². The number of benzene rings is 1. The zero-order valence-corrected chi connectivity index (χ0v) is 13.4. The van der Waals surface area contributed by atoms with Crippen LogP contribution in [0, 0.1) is 5.21 Å². The third-order valence-electron chi connectivity index (χ3n) is 3.04. The second-order valence-corrected chi connectivity index (χ2v) is 5.79. The van der Waals surface area contributed by atoms with Gasteiger partial charge in [0.05, 0.1) is 27.1 Å². The lowest BCUT2D eigenvalue weighted by molar-refractivity contribution is -0.646. The van der Waals surface area contributed by atoms with Crippen LogP contribution in [0.25, 0.3) is 0 Å². The molecule has 0 aliphatic rings. The Morgan fingerprint density at radius 3 is 2.23 bits per heavy atom. The minimum absolute atomic E-state index is 0.170. The maximum atomic E-state index is 12.4. The summed E-state index contributed by atoms with van der Waals surface area (Å²) < 4.78 is 28.7. The van der Waals surface area contributed by atoms with Crippen LogP contribution < -0.4 is 18.9 Å². The number of aromatic nitrogens is 1. The molecule has 1 unspecified atom stereocenters. The Hall–Kier alpha value is -2.28. The van der Waals surface area contributed by atoms with Gasteiger partial charge in [0.15, 0.2) is 17.7 Å². The number of methoxy groups -OCH3 is 3. The van der Waals surface area contributed by atoms with Gasteiger partial charge in [0.2, 0.25) is 5.75 Å². The molecule has 1 aromatic carbocycles. The lowest BCUT2D eigenvalue weighted by Gasteiger charge is -2.13. The van der Waals surface area contributed by atoms with Crippen LogP contribution in [0.5, 0.6) is 17.2 Å². The average Bonchev–Trinajstić information content (AvgIpc) is 2.54. The van der Waals surface area contributed by atoms with Crippen molar-refractivity contribution in [1.29, 1.82) is 0 Å². The highest BCUT2D eigenvalue weighted by Crippen LogP contribution is 2.38. The first-order chi connectivity index (χ1) is 10.6. The van der Waals surface area contributed by atoms with E-state index >= 15 is 0 Å². The Labute approximate surface area is 131 Å². The molecule has 1 aromatic heterocycles. The number of rotatable bonds is 6. The summed E-state index contributed by atoms with van der Waals surface area (Å²) >= 11 is 0. The van der Waals surface area contributed by atoms with E-state index in [1.807, 2.05) is 0 Å². The van der Waals surface area contributed by atoms with Crippen LogP contribution in [-0.4, -0.2) is 25.5 Å². The Balaban J connectivity index is 2.34. The summed E-state index contributed by atoms with van der Waals surface area (Å²) in [6.07, 6.45) is 1.32. The number of hydrogen-bond acceptors (Lipinski definition) is 5. The molecule has 7 heteroatoms. The highest BCUT2D eigenvalue weighted by molar-refractivity contribution is 7.84. The summed E-state index contributed by atoms with van der Waals surface area (Å²) in [5.41, 5.74) is 0.719. The first kappa shape index (κ1) is 16.1. The lowest BCUT2D eigenvalue weighted by Crippen LogP contribution is -2.31. The highest BCUT2D eigenvalue weighted by Gasteiger charge is 2.18. The largest absolute Gasteiger partial charge is 0.618 e. The van der Waals surface area contributed by atoms with Crippen molar-refractivity contribution < 1.29 is 23.1 Å². The van der Waals surface area contributed by atoms with Gasteiger partial charge in [-0.3, -0.25) is 0 Å². The molecule has 0 N–H and O–H groups in total. The van der Waals surface area contributed by atoms with Gasteiger partial charge in [-0.2, -0.15) is 4.73 Å². The monoisotopic (exact) mass is 323 g/mol. The summed E-state index contributed by atoms with van der Waals surface area (Å²) in [5.74, 6) is 1.61. The molecule has 0 spiro atoms. The van der Waals surface area contributed by atoms with Crippen molar-refractivity contribution in [2.24, 2.45) is 0 Å². The van der Waals surface area contributed by atoms with Crippen molar-refractivity contribution in [3.63, 3.8) is 0 Å². The minimum atomic E-state index is -1.48. The summed E-state index contributed by atoms with van der Waals surface area (Å²) in [4.78, 5) is 0.